The van der Waals surface area contributed by atoms with Crippen LogP contribution in [0.4, 0.5) is 9.52 Å². The van der Waals surface area contributed by atoms with Crippen LogP contribution in [0.15, 0.2) is 18.2 Å². The fraction of sp³-hybridized carbons (Fsp3) is 0.417. The number of nitrogens with one attached hydrogen (secondary N) is 1. The monoisotopic (exact) mass is 252 g/mol. The van der Waals surface area contributed by atoms with E-state index in [0.717, 1.165) is 41.4 Å². The maximum atomic E-state index is 13.0. The Bertz CT molecular complexity index is 522. The molecule has 2 heterocycles. The second-order valence-electron chi connectivity index (χ2n) is 4.19. The van der Waals surface area contributed by atoms with Gasteiger partial charge in [0.1, 0.15) is 5.82 Å². The molecular formula is C12H13FN2OS. The van der Waals surface area contributed by atoms with E-state index in [1.54, 1.807) is 6.07 Å². The quantitative estimate of drug-likeness (QED) is 0.892. The Hall–Kier alpha value is -1.20. The summed E-state index contributed by atoms with van der Waals surface area (Å²) in [5.41, 5.74) is 0.843. The van der Waals surface area contributed by atoms with Crippen LogP contribution in [0, 0.1) is 5.82 Å². The van der Waals surface area contributed by atoms with Gasteiger partial charge in [-0.3, -0.25) is 0 Å². The number of aromatic nitrogens is 1. The predicted octanol–water partition coefficient (Wildman–Crippen LogP) is 3.03. The lowest BCUT2D eigenvalue weighted by molar-refractivity contribution is 0.0876. The number of hydrogen-bond donors (Lipinski definition) is 1. The van der Waals surface area contributed by atoms with Gasteiger partial charge in [-0.2, -0.15) is 0 Å². The van der Waals surface area contributed by atoms with Crippen molar-refractivity contribution >= 4 is 26.7 Å². The van der Waals surface area contributed by atoms with Gasteiger partial charge in [0, 0.05) is 6.61 Å². The SMILES string of the molecule is Fc1ccc2nc(NC3CCCOC3)sc2c1. The molecule has 1 aromatic carbocycles. The van der Waals surface area contributed by atoms with Crippen molar-refractivity contribution in [2.45, 2.75) is 18.9 Å². The molecule has 1 fully saturated rings. The molecule has 1 saturated heterocycles. The van der Waals surface area contributed by atoms with Crippen molar-refractivity contribution in [3.63, 3.8) is 0 Å². The van der Waals surface area contributed by atoms with Crippen LogP contribution in [-0.2, 0) is 4.74 Å². The molecule has 0 aliphatic carbocycles. The van der Waals surface area contributed by atoms with Gasteiger partial charge >= 0.3 is 0 Å². The normalized spacial score (nSPS) is 20.6. The molecule has 3 nitrogen and oxygen atoms in total. The van der Waals surface area contributed by atoms with E-state index < -0.39 is 0 Å². The highest BCUT2D eigenvalue weighted by atomic mass is 32.1. The third-order valence-corrected chi connectivity index (χ3v) is 3.79. The van der Waals surface area contributed by atoms with Gasteiger partial charge in [-0.1, -0.05) is 11.3 Å². The second-order valence-corrected chi connectivity index (χ2v) is 5.22. The summed E-state index contributed by atoms with van der Waals surface area (Å²) in [5, 5.41) is 4.20. The molecule has 1 aliphatic heterocycles. The molecule has 1 N–H and O–H groups in total. The summed E-state index contributed by atoms with van der Waals surface area (Å²) in [6.07, 6.45) is 2.18. The lowest BCUT2D eigenvalue weighted by Crippen LogP contribution is -2.29. The number of hydrogen-bond acceptors (Lipinski definition) is 4. The molecule has 0 bridgehead atoms. The zero-order valence-electron chi connectivity index (χ0n) is 9.28. The molecule has 0 radical (unpaired) electrons. The molecule has 1 unspecified atom stereocenters. The van der Waals surface area contributed by atoms with Crippen molar-refractivity contribution in [3.05, 3.63) is 24.0 Å². The Morgan fingerprint density at radius 2 is 2.41 bits per heavy atom. The standard InChI is InChI=1S/C12H13FN2OS/c13-8-3-4-10-11(6-8)17-12(15-10)14-9-2-1-5-16-7-9/h3-4,6,9H,1-2,5,7H2,(H,14,15). The van der Waals surface area contributed by atoms with E-state index >= 15 is 0 Å². The summed E-state index contributed by atoms with van der Waals surface area (Å²) in [6.45, 7) is 1.58. The van der Waals surface area contributed by atoms with Gasteiger partial charge in [0.05, 0.1) is 22.9 Å². The molecule has 1 aliphatic rings. The van der Waals surface area contributed by atoms with Gasteiger partial charge in [-0.05, 0) is 31.0 Å². The Balaban J connectivity index is 1.80. The number of ether oxygens (including phenoxy) is 1. The van der Waals surface area contributed by atoms with Gasteiger partial charge in [0.25, 0.3) is 0 Å². The van der Waals surface area contributed by atoms with Crippen LogP contribution in [-0.4, -0.2) is 24.2 Å². The van der Waals surface area contributed by atoms with Crippen LogP contribution >= 0.6 is 11.3 Å². The topological polar surface area (TPSA) is 34.2 Å². The number of fused-ring (bicyclic) bond motifs is 1. The fourth-order valence-corrected chi connectivity index (χ4v) is 2.96. The first-order valence-electron chi connectivity index (χ1n) is 5.71. The molecule has 1 aromatic heterocycles. The van der Waals surface area contributed by atoms with Crippen LogP contribution < -0.4 is 5.32 Å². The molecule has 90 valence electrons. The summed E-state index contributed by atoms with van der Waals surface area (Å²) in [4.78, 5) is 4.43. The highest BCUT2D eigenvalue weighted by molar-refractivity contribution is 7.22. The predicted molar refractivity (Wildman–Crippen MR) is 67.0 cm³/mol. The Morgan fingerprint density at radius 3 is 3.24 bits per heavy atom. The summed E-state index contributed by atoms with van der Waals surface area (Å²) >= 11 is 1.49. The van der Waals surface area contributed by atoms with E-state index in [1.807, 2.05) is 0 Å². The van der Waals surface area contributed by atoms with Crippen molar-refractivity contribution in [1.82, 2.24) is 4.98 Å². The molecule has 2 aromatic rings. The van der Waals surface area contributed by atoms with E-state index in [-0.39, 0.29) is 5.82 Å². The third-order valence-electron chi connectivity index (χ3n) is 2.84. The van der Waals surface area contributed by atoms with Crippen LogP contribution in [0.1, 0.15) is 12.8 Å². The average molecular weight is 252 g/mol. The van der Waals surface area contributed by atoms with Crippen molar-refractivity contribution < 1.29 is 9.13 Å². The molecule has 0 spiro atoms. The minimum atomic E-state index is -0.214. The van der Waals surface area contributed by atoms with Gasteiger partial charge in [0.15, 0.2) is 5.13 Å². The van der Waals surface area contributed by atoms with Crippen LogP contribution in [0.5, 0.6) is 0 Å². The van der Waals surface area contributed by atoms with Crippen LogP contribution in [0.2, 0.25) is 0 Å². The molecule has 1 atom stereocenters. The molecular weight excluding hydrogens is 239 g/mol. The van der Waals surface area contributed by atoms with Gasteiger partial charge in [0.2, 0.25) is 0 Å². The first-order valence-corrected chi connectivity index (χ1v) is 6.53. The number of rotatable bonds is 2. The maximum absolute atomic E-state index is 13.0. The van der Waals surface area contributed by atoms with Crippen molar-refractivity contribution in [1.29, 1.82) is 0 Å². The Labute approximate surface area is 103 Å². The minimum absolute atomic E-state index is 0.214. The van der Waals surface area contributed by atoms with Crippen LogP contribution in [0.3, 0.4) is 0 Å². The van der Waals surface area contributed by atoms with E-state index in [4.69, 9.17) is 4.74 Å². The van der Waals surface area contributed by atoms with E-state index in [9.17, 15) is 4.39 Å². The van der Waals surface area contributed by atoms with Crippen molar-refractivity contribution in [2.24, 2.45) is 0 Å². The van der Waals surface area contributed by atoms with E-state index in [1.165, 1.54) is 23.5 Å². The first kappa shape index (κ1) is 10.9. The smallest absolute Gasteiger partial charge is 0.184 e. The molecule has 0 saturated carbocycles. The summed E-state index contributed by atoms with van der Waals surface area (Å²) in [6, 6.07) is 5.00. The average Bonchev–Trinajstić information content (AvgIpc) is 2.71. The number of thiazole rings is 1. The third kappa shape index (κ3) is 2.40. The summed E-state index contributed by atoms with van der Waals surface area (Å²) in [7, 11) is 0. The molecule has 5 heteroatoms. The fourth-order valence-electron chi connectivity index (χ4n) is 1.99. The Kier molecular flexibility index (Phi) is 2.94. The molecule has 17 heavy (non-hydrogen) atoms. The van der Waals surface area contributed by atoms with E-state index in [2.05, 4.69) is 10.3 Å². The lowest BCUT2D eigenvalue weighted by Gasteiger charge is -2.22. The largest absolute Gasteiger partial charge is 0.379 e. The van der Waals surface area contributed by atoms with E-state index in [0.29, 0.717) is 6.04 Å². The zero-order valence-corrected chi connectivity index (χ0v) is 10.1. The maximum Gasteiger partial charge on any atom is 0.184 e. The first-order chi connectivity index (χ1) is 8.31. The van der Waals surface area contributed by atoms with Gasteiger partial charge in [-0.15, -0.1) is 0 Å². The highest BCUT2D eigenvalue weighted by Gasteiger charge is 2.15. The zero-order chi connectivity index (χ0) is 11.7. The van der Waals surface area contributed by atoms with Crippen LogP contribution in [0.25, 0.3) is 10.2 Å². The summed E-state index contributed by atoms with van der Waals surface area (Å²) < 4.78 is 19.3. The number of anilines is 1. The number of nitrogens with zero attached hydrogens (tertiary/aromatic N) is 1. The minimum Gasteiger partial charge on any atom is -0.379 e. The lowest BCUT2D eigenvalue weighted by atomic mass is 10.1. The summed E-state index contributed by atoms with van der Waals surface area (Å²) in [5.74, 6) is -0.214. The van der Waals surface area contributed by atoms with Crippen molar-refractivity contribution in [2.75, 3.05) is 18.5 Å². The Morgan fingerprint density at radius 1 is 1.47 bits per heavy atom. The van der Waals surface area contributed by atoms with Crippen molar-refractivity contribution in [3.8, 4) is 0 Å². The number of benzene rings is 1. The second kappa shape index (κ2) is 4.58. The number of halogens is 1. The van der Waals surface area contributed by atoms with Gasteiger partial charge in [-0.25, -0.2) is 9.37 Å². The molecule has 3 rings (SSSR count). The van der Waals surface area contributed by atoms with Gasteiger partial charge < -0.3 is 10.1 Å². The molecule has 0 amide bonds. The highest BCUT2D eigenvalue weighted by Crippen LogP contribution is 2.27.